The van der Waals surface area contributed by atoms with E-state index in [1.165, 1.54) is 29.5 Å². The molecular formula is C22H27NOS. The highest BCUT2D eigenvalue weighted by atomic mass is 32.1. The Bertz CT molecular complexity index is 765. The molecule has 2 aromatic carbocycles. The van der Waals surface area contributed by atoms with Gasteiger partial charge in [0.1, 0.15) is 12.4 Å². The molecule has 0 heterocycles. The van der Waals surface area contributed by atoms with Gasteiger partial charge < -0.3 is 10.1 Å². The van der Waals surface area contributed by atoms with Gasteiger partial charge in [0.05, 0.1) is 4.99 Å². The SMILES string of the molecule is CCC(=S)Nc1cc(C2CC2)ccc1COc1ccc(CC)cc1C. The maximum atomic E-state index is 6.11. The van der Waals surface area contributed by atoms with Crippen LogP contribution < -0.4 is 10.1 Å². The van der Waals surface area contributed by atoms with Gasteiger partial charge in [-0.1, -0.05) is 50.3 Å². The maximum Gasteiger partial charge on any atom is 0.122 e. The van der Waals surface area contributed by atoms with E-state index in [1.807, 2.05) is 0 Å². The van der Waals surface area contributed by atoms with Gasteiger partial charge in [-0.2, -0.15) is 0 Å². The van der Waals surface area contributed by atoms with Crippen LogP contribution in [0.1, 0.15) is 61.3 Å². The summed E-state index contributed by atoms with van der Waals surface area (Å²) in [5, 5.41) is 3.40. The van der Waals surface area contributed by atoms with Crippen molar-refractivity contribution in [1.29, 1.82) is 0 Å². The van der Waals surface area contributed by atoms with Crippen molar-refractivity contribution in [3.8, 4) is 5.75 Å². The van der Waals surface area contributed by atoms with Crippen molar-refractivity contribution < 1.29 is 4.74 Å². The molecule has 0 saturated heterocycles. The summed E-state index contributed by atoms with van der Waals surface area (Å²) < 4.78 is 6.11. The predicted octanol–water partition coefficient (Wildman–Crippen LogP) is 6.16. The van der Waals surface area contributed by atoms with E-state index in [9.17, 15) is 0 Å². The minimum Gasteiger partial charge on any atom is -0.489 e. The van der Waals surface area contributed by atoms with Crippen molar-refractivity contribution >= 4 is 22.9 Å². The topological polar surface area (TPSA) is 21.3 Å². The highest BCUT2D eigenvalue weighted by Crippen LogP contribution is 2.41. The molecule has 0 aliphatic heterocycles. The second-order valence-electron chi connectivity index (χ2n) is 6.83. The molecule has 2 nitrogen and oxygen atoms in total. The number of hydrogen-bond donors (Lipinski definition) is 1. The highest BCUT2D eigenvalue weighted by Gasteiger charge is 2.24. The van der Waals surface area contributed by atoms with Gasteiger partial charge in [0.2, 0.25) is 0 Å². The van der Waals surface area contributed by atoms with Crippen molar-refractivity contribution in [3.63, 3.8) is 0 Å². The van der Waals surface area contributed by atoms with Gasteiger partial charge >= 0.3 is 0 Å². The standard InChI is InChI=1S/C22H27NOS/c1-4-16-6-11-21(15(3)12-16)24-14-19-10-9-18(17-7-8-17)13-20(19)23-22(25)5-2/h6,9-13,17H,4-5,7-8,14H2,1-3H3,(H,23,25). The highest BCUT2D eigenvalue weighted by molar-refractivity contribution is 7.80. The molecular weight excluding hydrogens is 326 g/mol. The van der Waals surface area contributed by atoms with E-state index in [2.05, 4.69) is 62.5 Å². The zero-order chi connectivity index (χ0) is 17.8. The second-order valence-corrected chi connectivity index (χ2v) is 7.33. The van der Waals surface area contributed by atoms with E-state index in [-0.39, 0.29) is 0 Å². The van der Waals surface area contributed by atoms with Gasteiger partial charge in [-0.25, -0.2) is 0 Å². The molecule has 1 aliphatic carbocycles. The Morgan fingerprint density at radius 2 is 1.96 bits per heavy atom. The van der Waals surface area contributed by atoms with Gasteiger partial charge in [-0.05, 0) is 67.3 Å². The minimum absolute atomic E-state index is 0.548. The summed E-state index contributed by atoms with van der Waals surface area (Å²) >= 11 is 5.40. The third kappa shape index (κ3) is 4.60. The first-order valence-electron chi connectivity index (χ1n) is 9.25. The molecule has 0 amide bonds. The van der Waals surface area contributed by atoms with Crippen molar-refractivity contribution in [2.45, 2.75) is 59.0 Å². The molecule has 1 fully saturated rings. The fourth-order valence-corrected chi connectivity index (χ4v) is 3.10. The third-order valence-corrected chi connectivity index (χ3v) is 5.20. The molecule has 0 unspecified atom stereocenters. The van der Waals surface area contributed by atoms with Crippen molar-refractivity contribution in [1.82, 2.24) is 0 Å². The number of ether oxygens (including phenoxy) is 1. The number of hydrogen-bond acceptors (Lipinski definition) is 2. The number of anilines is 1. The van der Waals surface area contributed by atoms with Crippen LogP contribution in [0.3, 0.4) is 0 Å². The van der Waals surface area contributed by atoms with Crippen LogP contribution in [0.2, 0.25) is 0 Å². The Hall–Kier alpha value is -1.87. The number of thiocarbonyl (C=S) groups is 1. The first-order valence-corrected chi connectivity index (χ1v) is 9.66. The van der Waals surface area contributed by atoms with Crippen LogP contribution in [-0.2, 0) is 13.0 Å². The van der Waals surface area contributed by atoms with E-state index in [0.717, 1.165) is 40.7 Å². The Labute approximate surface area is 156 Å². The molecule has 0 bridgehead atoms. The van der Waals surface area contributed by atoms with Gasteiger partial charge in [-0.3, -0.25) is 0 Å². The van der Waals surface area contributed by atoms with Crippen LogP contribution in [0, 0.1) is 6.92 Å². The lowest BCUT2D eigenvalue weighted by molar-refractivity contribution is 0.304. The largest absolute Gasteiger partial charge is 0.489 e. The molecule has 0 atom stereocenters. The summed E-state index contributed by atoms with van der Waals surface area (Å²) in [6.45, 7) is 6.90. The maximum absolute atomic E-state index is 6.11. The number of benzene rings is 2. The average Bonchev–Trinajstić information content (AvgIpc) is 3.46. The van der Waals surface area contributed by atoms with Gasteiger partial charge in [0, 0.05) is 11.3 Å². The molecule has 0 radical (unpaired) electrons. The summed E-state index contributed by atoms with van der Waals surface area (Å²) in [5.74, 6) is 1.68. The van der Waals surface area contributed by atoms with Crippen LogP contribution in [0.15, 0.2) is 36.4 Å². The molecule has 25 heavy (non-hydrogen) atoms. The minimum atomic E-state index is 0.548. The fraction of sp³-hybridized carbons (Fsp3) is 0.409. The first-order chi connectivity index (χ1) is 12.1. The van der Waals surface area contributed by atoms with E-state index in [1.54, 1.807) is 0 Å². The second kappa shape index (κ2) is 8.01. The fourth-order valence-electron chi connectivity index (χ4n) is 2.99. The van der Waals surface area contributed by atoms with E-state index >= 15 is 0 Å². The summed E-state index contributed by atoms with van der Waals surface area (Å²) in [6.07, 6.45) is 4.50. The number of rotatable bonds is 7. The Morgan fingerprint density at radius 3 is 2.60 bits per heavy atom. The lowest BCUT2D eigenvalue weighted by atomic mass is 10.1. The Balaban J connectivity index is 1.77. The predicted molar refractivity (Wildman–Crippen MR) is 110 cm³/mol. The zero-order valence-electron chi connectivity index (χ0n) is 15.4. The molecule has 0 aromatic heterocycles. The molecule has 1 saturated carbocycles. The molecule has 1 N–H and O–H groups in total. The third-order valence-electron chi connectivity index (χ3n) is 4.81. The molecule has 0 spiro atoms. The summed E-state index contributed by atoms with van der Waals surface area (Å²) in [7, 11) is 0. The zero-order valence-corrected chi connectivity index (χ0v) is 16.2. The van der Waals surface area contributed by atoms with E-state index < -0.39 is 0 Å². The smallest absolute Gasteiger partial charge is 0.122 e. The molecule has 3 rings (SSSR count). The van der Waals surface area contributed by atoms with Gasteiger partial charge in [0.15, 0.2) is 0 Å². The van der Waals surface area contributed by atoms with Crippen LogP contribution in [-0.4, -0.2) is 4.99 Å². The summed E-state index contributed by atoms with van der Waals surface area (Å²) in [5.41, 5.74) is 6.19. The lowest BCUT2D eigenvalue weighted by Gasteiger charge is -2.16. The van der Waals surface area contributed by atoms with Gasteiger partial charge in [0.25, 0.3) is 0 Å². The quantitative estimate of drug-likeness (QED) is 0.602. The number of nitrogens with one attached hydrogen (secondary N) is 1. The summed E-state index contributed by atoms with van der Waals surface area (Å²) in [6, 6.07) is 13.1. The normalized spacial score (nSPS) is 13.6. The lowest BCUT2D eigenvalue weighted by Crippen LogP contribution is -2.11. The van der Waals surface area contributed by atoms with Crippen molar-refractivity contribution in [2.24, 2.45) is 0 Å². The van der Waals surface area contributed by atoms with E-state index in [4.69, 9.17) is 17.0 Å². The molecule has 3 heteroatoms. The number of aryl methyl sites for hydroxylation is 2. The molecule has 2 aromatic rings. The van der Waals surface area contributed by atoms with Crippen molar-refractivity contribution in [3.05, 3.63) is 58.7 Å². The van der Waals surface area contributed by atoms with Crippen LogP contribution in [0.5, 0.6) is 5.75 Å². The monoisotopic (exact) mass is 353 g/mol. The summed E-state index contributed by atoms with van der Waals surface area (Å²) in [4.78, 5) is 0.873. The first kappa shape index (κ1) is 17.9. The van der Waals surface area contributed by atoms with E-state index in [0.29, 0.717) is 6.61 Å². The molecule has 132 valence electrons. The van der Waals surface area contributed by atoms with Gasteiger partial charge in [-0.15, -0.1) is 0 Å². The Morgan fingerprint density at radius 1 is 1.16 bits per heavy atom. The van der Waals surface area contributed by atoms with Crippen molar-refractivity contribution in [2.75, 3.05) is 5.32 Å². The van der Waals surface area contributed by atoms with Crippen LogP contribution in [0.25, 0.3) is 0 Å². The average molecular weight is 354 g/mol. The van der Waals surface area contributed by atoms with Crippen LogP contribution in [0.4, 0.5) is 5.69 Å². The van der Waals surface area contributed by atoms with Crippen LogP contribution >= 0.6 is 12.2 Å². The Kier molecular flexibility index (Phi) is 5.74. The molecule has 1 aliphatic rings.